The molecule has 0 aromatic heterocycles. The summed E-state index contributed by atoms with van der Waals surface area (Å²) in [5, 5.41) is 3.29. The predicted octanol–water partition coefficient (Wildman–Crippen LogP) is 4.71. The molecule has 0 aliphatic rings. The lowest BCUT2D eigenvalue weighted by molar-refractivity contribution is -0.137. The maximum Gasteiger partial charge on any atom is 0.416 e. The van der Waals surface area contributed by atoms with Gasteiger partial charge < -0.3 is 5.32 Å². The van der Waals surface area contributed by atoms with Crippen molar-refractivity contribution in [3.8, 4) is 0 Å². The molecule has 4 heteroatoms. The first kappa shape index (κ1) is 15.8. The Balaban J connectivity index is 2.82. The molecular weight excluding hydrogens is 251 g/mol. The van der Waals surface area contributed by atoms with Gasteiger partial charge in [0.2, 0.25) is 0 Å². The van der Waals surface area contributed by atoms with Crippen molar-refractivity contribution in [2.24, 2.45) is 0 Å². The standard InChI is InChI=1S/C15H20F3N/c1-4-19-14(10-5-11(2)3)12-6-8-13(9-7-12)15(16,17)18/h6-9,14,19H,2,4-5,10H2,1,3H3. The molecule has 1 N–H and O–H groups in total. The zero-order chi connectivity index (χ0) is 14.5. The van der Waals surface area contributed by atoms with Crippen LogP contribution in [0.5, 0.6) is 0 Å². The highest BCUT2D eigenvalue weighted by molar-refractivity contribution is 5.27. The third-order valence-corrected chi connectivity index (χ3v) is 2.95. The van der Waals surface area contributed by atoms with Crippen molar-refractivity contribution in [3.05, 3.63) is 47.5 Å². The van der Waals surface area contributed by atoms with Gasteiger partial charge in [0, 0.05) is 6.04 Å². The smallest absolute Gasteiger partial charge is 0.310 e. The van der Waals surface area contributed by atoms with E-state index < -0.39 is 11.7 Å². The predicted molar refractivity (Wildman–Crippen MR) is 71.9 cm³/mol. The van der Waals surface area contributed by atoms with E-state index in [9.17, 15) is 13.2 Å². The van der Waals surface area contributed by atoms with Crippen LogP contribution in [0.2, 0.25) is 0 Å². The highest BCUT2D eigenvalue weighted by atomic mass is 19.4. The quantitative estimate of drug-likeness (QED) is 0.739. The Morgan fingerprint density at radius 3 is 2.26 bits per heavy atom. The molecule has 0 amide bonds. The molecule has 0 saturated heterocycles. The monoisotopic (exact) mass is 271 g/mol. The highest BCUT2D eigenvalue weighted by Crippen LogP contribution is 2.30. The molecule has 1 aromatic carbocycles. The maximum absolute atomic E-state index is 12.5. The lowest BCUT2D eigenvalue weighted by Crippen LogP contribution is -2.21. The summed E-state index contributed by atoms with van der Waals surface area (Å²) in [5.41, 5.74) is 1.36. The fourth-order valence-corrected chi connectivity index (χ4v) is 1.93. The Morgan fingerprint density at radius 2 is 1.84 bits per heavy atom. The van der Waals surface area contributed by atoms with E-state index in [1.807, 2.05) is 13.8 Å². The van der Waals surface area contributed by atoms with Crippen LogP contribution in [0.4, 0.5) is 13.2 Å². The number of benzene rings is 1. The molecule has 0 heterocycles. The molecule has 106 valence electrons. The zero-order valence-corrected chi connectivity index (χ0v) is 11.3. The van der Waals surface area contributed by atoms with Crippen molar-refractivity contribution in [2.45, 2.75) is 38.9 Å². The maximum atomic E-state index is 12.5. The van der Waals surface area contributed by atoms with Gasteiger partial charge in [0.25, 0.3) is 0 Å². The van der Waals surface area contributed by atoms with E-state index in [2.05, 4.69) is 11.9 Å². The van der Waals surface area contributed by atoms with E-state index in [4.69, 9.17) is 0 Å². The summed E-state index contributed by atoms with van der Waals surface area (Å²) in [7, 11) is 0. The average molecular weight is 271 g/mol. The van der Waals surface area contributed by atoms with E-state index in [0.29, 0.717) is 0 Å². The minimum absolute atomic E-state index is 0.0731. The van der Waals surface area contributed by atoms with Gasteiger partial charge in [-0.1, -0.05) is 24.6 Å². The molecule has 0 fully saturated rings. The van der Waals surface area contributed by atoms with Gasteiger partial charge in [-0.15, -0.1) is 6.58 Å². The van der Waals surface area contributed by atoms with Crippen LogP contribution in [0.3, 0.4) is 0 Å². The Labute approximate surface area is 112 Å². The van der Waals surface area contributed by atoms with E-state index in [1.54, 1.807) is 12.1 Å². The van der Waals surface area contributed by atoms with Gasteiger partial charge >= 0.3 is 6.18 Å². The Kier molecular flexibility index (Phi) is 5.60. The number of halogens is 3. The molecule has 0 bridgehead atoms. The summed E-state index contributed by atoms with van der Waals surface area (Å²) in [6, 6.07) is 5.45. The lowest BCUT2D eigenvalue weighted by atomic mass is 9.98. The second-order valence-electron chi connectivity index (χ2n) is 4.73. The van der Waals surface area contributed by atoms with Crippen molar-refractivity contribution in [1.82, 2.24) is 5.32 Å². The van der Waals surface area contributed by atoms with Gasteiger partial charge in [-0.05, 0) is 44.0 Å². The first-order valence-electron chi connectivity index (χ1n) is 6.39. The normalized spacial score (nSPS) is 13.3. The Bertz CT molecular complexity index is 406. The van der Waals surface area contributed by atoms with Crippen LogP contribution in [0.1, 0.15) is 43.9 Å². The largest absolute Gasteiger partial charge is 0.416 e. The second kappa shape index (κ2) is 6.75. The van der Waals surface area contributed by atoms with Crippen molar-refractivity contribution in [1.29, 1.82) is 0 Å². The average Bonchev–Trinajstić information content (AvgIpc) is 2.33. The summed E-state index contributed by atoms with van der Waals surface area (Å²) >= 11 is 0. The third kappa shape index (κ3) is 5.07. The summed E-state index contributed by atoms with van der Waals surface area (Å²) in [4.78, 5) is 0. The number of hydrogen-bond donors (Lipinski definition) is 1. The minimum Gasteiger partial charge on any atom is -0.310 e. The van der Waals surface area contributed by atoms with Crippen molar-refractivity contribution < 1.29 is 13.2 Å². The summed E-state index contributed by atoms with van der Waals surface area (Å²) in [5.74, 6) is 0. The van der Waals surface area contributed by atoms with Crippen molar-refractivity contribution in [2.75, 3.05) is 6.54 Å². The number of rotatable bonds is 6. The number of allylic oxidation sites excluding steroid dienone is 1. The molecule has 0 aliphatic heterocycles. The van der Waals surface area contributed by atoms with E-state index in [-0.39, 0.29) is 6.04 Å². The third-order valence-electron chi connectivity index (χ3n) is 2.95. The molecule has 1 atom stereocenters. The molecule has 1 aromatic rings. The summed E-state index contributed by atoms with van der Waals surface area (Å²) in [6.07, 6.45) is -2.57. The van der Waals surface area contributed by atoms with E-state index in [0.717, 1.165) is 42.7 Å². The van der Waals surface area contributed by atoms with Crippen LogP contribution in [0.25, 0.3) is 0 Å². The highest BCUT2D eigenvalue weighted by Gasteiger charge is 2.30. The molecule has 0 radical (unpaired) electrons. The number of nitrogens with one attached hydrogen (secondary N) is 1. The van der Waals surface area contributed by atoms with Gasteiger partial charge in [-0.3, -0.25) is 0 Å². The van der Waals surface area contributed by atoms with Crippen LogP contribution in [0, 0.1) is 0 Å². The molecule has 0 spiro atoms. The van der Waals surface area contributed by atoms with Crippen LogP contribution >= 0.6 is 0 Å². The molecule has 19 heavy (non-hydrogen) atoms. The van der Waals surface area contributed by atoms with Crippen LogP contribution < -0.4 is 5.32 Å². The first-order valence-corrected chi connectivity index (χ1v) is 6.39. The summed E-state index contributed by atoms with van der Waals surface area (Å²) < 4.78 is 37.5. The minimum atomic E-state index is -4.27. The van der Waals surface area contributed by atoms with Gasteiger partial charge in [0.1, 0.15) is 0 Å². The zero-order valence-electron chi connectivity index (χ0n) is 11.3. The topological polar surface area (TPSA) is 12.0 Å². The SMILES string of the molecule is C=C(C)CCC(NCC)c1ccc(C(F)(F)F)cc1. The Morgan fingerprint density at radius 1 is 1.26 bits per heavy atom. The number of hydrogen-bond acceptors (Lipinski definition) is 1. The molecular formula is C15H20F3N. The molecule has 1 rings (SSSR count). The van der Waals surface area contributed by atoms with E-state index in [1.165, 1.54) is 0 Å². The van der Waals surface area contributed by atoms with E-state index >= 15 is 0 Å². The fourth-order valence-electron chi connectivity index (χ4n) is 1.93. The van der Waals surface area contributed by atoms with Crippen molar-refractivity contribution in [3.63, 3.8) is 0 Å². The molecule has 1 nitrogen and oxygen atoms in total. The molecule has 1 unspecified atom stereocenters. The van der Waals surface area contributed by atoms with Crippen LogP contribution in [-0.4, -0.2) is 6.54 Å². The molecule has 0 aliphatic carbocycles. The lowest BCUT2D eigenvalue weighted by Gasteiger charge is -2.19. The van der Waals surface area contributed by atoms with Gasteiger partial charge in [-0.2, -0.15) is 13.2 Å². The van der Waals surface area contributed by atoms with Gasteiger partial charge in [-0.25, -0.2) is 0 Å². The van der Waals surface area contributed by atoms with Gasteiger partial charge in [0.15, 0.2) is 0 Å². The van der Waals surface area contributed by atoms with Crippen LogP contribution in [-0.2, 0) is 6.18 Å². The van der Waals surface area contributed by atoms with Crippen LogP contribution in [0.15, 0.2) is 36.4 Å². The van der Waals surface area contributed by atoms with Gasteiger partial charge in [0.05, 0.1) is 5.56 Å². The summed E-state index contributed by atoms with van der Waals surface area (Å²) in [6.45, 7) is 8.57. The Hall–Kier alpha value is -1.29. The first-order chi connectivity index (χ1) is 8.84. The molecule has 0 saturated carbocycles. The van der Waals surface area contributed by atoms with Crippen molar-refractivity contribution >= 4 is 0 Å². The fraction of sp³-hybridized carbons (Fsp3) is 0.467. The second-order valence-corrected chi connectivity index (χ2v) is 4.73. The number of alkyl halides is 3.